The molecule has 1 aromatic carbocycles. The molecule has 0 fully saturated rings. The van der Waals surface area contributed by atoms with Crippen LogP contribution < -0.4 is 5.32 Å². The number of hydrogen-bond donors (Lipinski definition) is 1. The minimum absolute atomic E-state index is 0.0599. The van der Waals surface area contributed by atoms with Crippen LogP contribution in [0, 0.1) is 0 Å². The predicted octanol–water partition coefficient (Wildman–Crippen LogP) is 4.51. The third kappa shape index (κ3) is 4.06. The summed E-state index contributed by atoms with van der Waals surface area (Å²) in [6.45, 7) is 4.30. The lowest BCUT2D eigenvalue weighted by Crippen LogP contribution is -2.14. The molecule has 2 heterocycles. The van der Waals surface area contributed by atoms with Gasteiger partial charge in [-0.25, -0.2) is 4.98 Å². The van der Waals surface area contributed by atoms with Gasteiger partial charge in [0.25, 0.3) is 0 Å². The van der Waals surface area contributed by atoms with E-state index < -0.39 is 0 Å². The lowest BCUT2D eigenvalue weighted by atomic mass is 10.0. The van der Waals surface area contributed by atoms with Gasteiger partial charge in [-0.05, 0) is 35.7 Å². The molecule has 0 radical (unpaired) electrons. The number of thiazole rings is 1. The van der Waals surface area contributed by atoms with Crippen molar-refractivity contribution < 1.29 is 4.79 Å². The fourth-order valence-corrected chi connectivity index (χ4v) is 3.14. The van der Waals surface area contributed by atoms with Crippen molar-refractivity contribution in [1.82, 2.24) is 9.97 Å². The van der Waals surface area contributed by atoms with Crippen molar-refractivity contribution in [3.05, 3.63) is 65.4 Å². The number of hydrogen-bond acceptors (Lipinski definition) is 4. The molecule has 0 saturated heterocycles. The van der Waals surface area contributed by atoms with Gasteiger partial charge in [0, 0.05) is 29.0 Å². The molecule has 24 heavy (non-hydrogen) atoms. The molecule has 0 aliphatic rings. The van der Waals surface area contributed by atoms with E-state index in [1.54, 1.807) is 12.4 Å². The first kappa shape index (κ1) is 16.3. The van der Waals surface area contributed by atoms with Gasteiger partial charge in [0.1, 0.15) is 5.01 Å². The van der Waals surface area contributed by atoms with Gasteiger partial charge in [-0.15, -0.1) is 11.3 Å². The van der Waals surface area contributed by atoms with Crippen LogP contribution in [0.15, 0.2) is 54.2 Å². The summed E-state index contributed by atoms with van der Waals surface area (Å²) in [6.07, 6.45) is 3.78. The molecule has 0 spiro atoms. The molecular weight excluding hydrogens is 318 g/mol. The fraction of sp³-hybridized carbons (Fsp3) is 0.211. The van der Waals surface area contributed by atoms with Gasteiger partial charge in [-0.2, -0.15) is 0 Å². The Hall–Kier alpha value is -2.53. The first-order valence-corrected chi connectivity index (χ1v) is 8.74. The highest BCUT2D eigenvalue weighted by atomic mass is 32.1. The number of nitrogens with zero attached hydrogens (tertiary/aromatic N) is 2. The van der Waals surface area contributed by atoms with E-state index in [2.05, 4.69) is 29.1 Å². The van der Waals surface area contributed by atoms with Crippen LogP contribution in [0.4, 0.5) is 5.69 Å². The Balaban J connectivity index is 1.62. The van der Waals surface area contributed by atoms with E-state index in [-0.39, 0.29) is 12.3 Å². The summed E-state index contributed by atoms with van der Waals surface area (Å²) < 4.78 is 0. The monoisotopic (exact) mass is 337 g/mol. The molecule has 0 saturated carbocycles. The summed E-state index contributed by atoms with van der Waals surface area (Å²) in [5.41, 5.74) is 3.81. The van der Waals surface area contributed by atoms with Crippen molar-refractivity contribution >= 4 is 22.9 Å². The van der Waals surface area contributed by atoms with Gasteiger partial charge in [0.05, 0.1) is 12.1 Å². The third-order valence-corrected chi connectivity index (χ3v) is 4.60. The first-order valence-electron chi connectivity index (χ1n) is 7.86. The number of rotatable bonds is 5. The molecule has 4 nitrogen and oxygen atoms in total. The number of benzene rings is 1. The van der Waals surface area contributed by atoms with Crippen molar-refractivity contribution in [3.63, 3.8) is 0 Å². The van der Waals surface area contributed by atoms with Crippen molar-refractivity contribution in [3.8, 4) is 10.6 Å². The maximum atomic E-state index is 12.2. The number of pyridine rings is 1. The topological polar surface area (TPSA) is 54.9 Å². The smallest absolute Gasteiger partial charge is 0.230 e. The highest BCUT2D eigenvalue weighted by molar-refractivity contribution is 7.13. The van der Waals surface area contributed by atoms with E-state index in [0.29, 0.717) is 5.92 Å². The lowest BCUT2D eigenvalue weighted by Gasteiger charge is -2.08. The minimum atomic E-state index is -0.0599. The van der Waals surface area contributed by atoms with Crippen molar-refractivity contribution in [2.45, 2.75) is 26.2 Å². The summed E-state index contributed by atoms with van der Waals surface area (Å²) in [7, 11) is 0. The highest BCUT2D eigenvalue weighted by Gasteiger charge is 2.10. The van der Waals surface area contributed by atoms with Crippen LogP contribution >= 0.6 is 11.3 Å². The van der Waals surface area contributed by atoms with Crippen LogP contribution in [0.2, 0.25) is 0 Å². The van der Waals surface area contributed by atoms with E-state index in [0.717, 1.165) is 22.0 Å². The number of nitrogens with one attached hydrogen (secondary N) is 1. The number of carbonyl (C=O) groups is 1. The molecule has 2 aromatic heterocycles. The standard InChI is InChI=1S/C19H19N3OS/c1-13(2)14-5-7-16(8-6-14)21-18(23)10-17-12-24-19(22-17)15-4-3-9-20-11-15/h3-9,11-13H,10H2,1-2H3,(H,21,23). The van der Waals surface area contributed by atoms with E-state index in [4.69, 9.17) is 0 Å². The van der Waals surface area contributed by atoms with Crippen LogP contribution in [0.3, 0.4) is 0 Å². The number of amides is 1. The molecule has 0 unspecified atom stereocenters. The second-order valence-corrected chi connectivity index (χ2v) is 6.75. The molecule has 0 bridgehead atoms. The van der Waals surface area contributed by atoms with Gasteiger partial charge in [0.15, 0.2) is 0 Å². The lowest BCUT2D eigenvalue weighted by molar-refractivity contribution is -0.115. The minimum Gasteiger partial charge on any atom is -0.326 e. The third-order valence-electron chi connectivity index (χ3n) is 3.66. The zero-order chi connectivity index (χ0) is 16.9. The normalized spacial score (nSPS) is 10.8. The Morgan fingerprint density at radius 3 is 2.67 bits per heavy atom. The predicted molar refractivity (Wildman–Crippen MR) is 98.2 cm³/mol. The van der Waals surface area contributed by atoms with Gasteiger partial charge >= 0.3 is 0 Å². The molecule has 1 amide bonds. The molecule has 3 rings (SSSR count). The maximum absolute atomic E-state index is 12.2. The molecule has 0 aliphatic carbocycles. The summed E-state index contributed by atoms with van der Waals surface area (Å²) >= 11 is 1.52. The molecule has 0 atom stereocenters. The van der Waals surface area contributed by atoms with Crippen molar-refractivity contribution in [1.29, 1.82) is 0 Å². The average molecular weight is 337 g/mol. The highest BCUT2D eigenvalue weighted by Crippen LogP contribution is 2.23. The number of anilines is 1. The summed E-state index contributed by atoms with van der Waals surface area (Å²) in [5.74, 6) is 0.422. The van der Waals surface area contributed by atoms with Crippen molar-refractivity contribution in [2.75, 3.05) is 5.32 Å². The molecule has 122 valence electrons. The van der Waals surface area contributed by atoms with Gasteiger partial charge < -0.3 is 5.32 Å². The van der Waals surface area contributed by atoms with E-state index in [1.165, 1.54) is 16.9 Å². The van der Waals surface area contributed by atoms with Gasteiger partial charge in [0.2, 0.25) is 5.91 Å². The van der Waals surface area contributed by atoms with E-state index >= 15 is 0 Å². The summed E-state index contributed by atoms with van der Waals surface area (Å²) in [6, 6.07) is 11.8. The van der Waals surface area contributed by atoms with Crippen LogP contribution in [-0.2, 0) is 11.2 Å². The second kappa shape index (κ2) is 7.36. The summed E-state index contributed by atoms with van der Waals surface area (Å²) in [5, 5.41) is 5.72. The quantitative estimate of drug-likeness (QED) is 0.745. The number of carbonyl (C=O) groups excluding carboxylic acids is 1. The molecule has 3 aromatic rings. The Bertz CT molecular complexity index is 810. The van der Waals surface area contributed by atoms with Crippen LogP contribution in [-0.4, -0.2) is 15.9 Å². The first-order chi connectivity index (χ1) is 11.6. The molecule has 1 N–H and O–H groups in total. The summed E-state index contributed by atoms with van der Waals surface area (Å²) in [4.78, 5) is 20.8. The maximum Gasteiger partial charge on any atom is 0.230 e. The molecule has 0 aliphatic heterocycles. The van der Waals surface area contributed by atoms with Crippen LogP contribution in [0.5, 0.6) is 0 Å². The van der Waals surface area contributed by atoms with E-state index in [1.807, 2.05) is 41.8 Å². The Morgan fingerprint density at radius 2 is 2.00 bits per heavy atom. The molecule has 5 heteroatoms. The largest absolute Gasteiger partial charge is 0.326 e. The SMILES string of the molecule is CC(C)c1ccc(NC(=O)Cc2csc(-c3cccnc3)n2)cc1. The Kier molecular flexibility index (Phi) is 5.01. The zero-order valence-corrected chi connectivity index (χ0v) is 14.5. The van der Waals surface area contributed by atoms with Gasteiger partial charge in [-0.1, -0.05) is 26.0 Å². The fourth-order valence-electron chi connectivity index (χ4n) is 2.33. The Morgan fingerprint density at radius 1 is 1.21 bits per heavy atom. The van der Waals surface area contributed by atoms with Crippen molar-refractivity contribution in [2.24, 2.45) is 0 Å². The molecular formula is C19H19N3OS. The second-order valence-electron chi connectivity index (χ2n) is 5.89. The zero-order valence-electron chi connectivity index (χ0n) is 13.7. The van der Waals surface area contributed by atoms with Crippen LogP contribution in [0.25, 0.3) is 10.6 Å². The van der Waals surface area contributed by atoms with Crippen LogP contribution in [0.1, 0.15) is 31.0 Å². The van der Waals surface area contributed by atoms with E-state index in [9.17, 15) is 4.79 Å². The Labute approximate surface area is 145 Å². The number of aromatic nitrogens is 2. The average Bonchev–Trinajstić information content (AvgIpc) is 3.04. The van der Waals surface area contributed by atoms with Gasteiger partial charge in [-0.3, -0.25) is 9.78 Å².